The molecule has 0 atom stereocenters. The van der Waals surface area contributed by atoms with Crippen LogP contribution in [0, 0.1) is 11.8 Å². The predicted molar refractivity (Wildman–Crippen MR) is 84.8 cm³/mol. The van der Waals surface area contributed by atoms with Crippen LogP contribution in [0.5, 0.6) is 0 Å². The fourth-order valence-electron chi connectivity index (χ4n) is 3.19. The van der Waals surface area contributed by atoms with Gasteiger partial charge in [-0.2, -0.15) is 27.8 Å². The van der Waals surface area contributed by atoms with E-state index in [0.717, 1.165) is 32.0 Å². The molecule has 3 rings (SSSR count). The molecule has 0 bridgehead atoms. The maximum atomic E-state index is 13.1. The SMILES string of the molecule is CC(C)CCC1CCN(c2cc(C(F)(F)F)nc3ncnn23)CC1. The van der Waals surface area contributed by atoms with Crippen LogP contribution in [0.4, 0.5) is 19.0 Å². The average molecular weight is 341 g/mol. The van der Waals surface area contributed by atoms with Crippen molar-refractivity contribution in [1.82, 2.24) is 19.6 Å². The molecule has 8 heteroatoms. The minimum Gasteiger partial charge on any atom is -0.356 e. The second-order valence-corrected chi connectivity index (χ2v) is 6.87. The van der Waals surface area contributed by atoms with Crippen LogP contribution < -0.4 is 4.90 Å². The first-order chi connectivity index (χ1) is 11.3. The van der Waals surface area contributed by atoms with Crippen molar-refractivity contribution < 1.29 is 13.2 Å². The van der Waals surface area contributed by atoms with Gasteiger partial charge in [-0.1, -0.05) is 26.7 Å². The molecule has 0 spiro atoms. The normalized spacial score (nSPS) is 17.2. The molecule has 0 saturated carbocycles. The highest BCUT2D eigenvalue weighted by molar-refractivity contribution is 5.48. The topological polar surface area (TPSA) is 46.3 Å². The van der Waals surface area contributed by atoms with E-state index in [2.05, 4.69) is 28.9 Å². The molecule has 2 aromatic rings. The molecule has 1 aliphatic heterocycles. The Kier molecular flexibility index (Phi) is 4.64. The molecule has 0 radical (unpaired) electrons. The maximum absolute atomic E-state index is 13.1. The zero-order valence-electron chi connectivity index (χ0n) is 13.9. The van der Waals surface area contributed by atoms with Crippen molar-refractivity contribution in [3.63, 3.8) is 0 Å². The fourth-order valence-corrected chi connectivity index (χ4v) is 3.19. The Bertz CT molecular complexity index is 687. The lowest BCUT2D eigenvalue weighted by molar-refractivity contribution is -0.141. The van der Waals surface area contributed by atoms with Gasteiger partial charge in [0, 0.05) is 19.2 Å². The predicted octanol–water partition coefficient (Wildman–Crippen LogP) is 3.80. The van der Waals surface area contributed by atoms with Gasteiger partial charge in [0.2, 0.25) is 0 Å². The molecule has 5 nitrogen and oxygen atoms in total. The summed E-state index contributed by atoms with van der Waals surface area (Å²) >= 11 is 0. The largest absolute Gasteiger partial charge is 0.433 e. The van der Waals surface area contributed by atoms with E-state index < -0.39 is 11.9 Å². The Morgan fingerprint density at radius 3 is 2.58 bits per heavy atom. The summed E-state index contributed by atoms with van der Waals surface area (Å²) in [6.07, 6.45) is 1.12. The van der Waals surface area contributed by atoms with Crippen LogP contribution in [-0.4, -0.2) is 32.7 Å². The smallest absolute Gasteiger partial charge is 0.356 e. The van der Waals surface area contributed by atoms with Crippen LogP contribution in [0.3, 0.4) is 0 Å². The third-order valence-electron chi connectivity index (χ3n) is 4.61. The van der Waals surface area contributed by atoms with Gasteiger partial charge >= 0.3 is 6.18 Å². The van der Waals surface area contributed by atoms with E-state index in [-0.39, 0.29) is 5.78 Å². The number of hydrogen-bond donors (Lipinski definition) is 0. The van der Waals surface area contributed by atoms with Crippen molar-refractivity contribution in [2.75, 3.05) is 18.0 Å². The summed E-state index contributed by atoms with van der Waals surface area (Å²) in [5.41, 5.74) is -0.917. The molecule has 1 saturated heterocycles. The van der Waals surface area contributed by atoms with Crippen LogP contribution in [0.2, 0.25) is 0 Å². The number of anilines is 1. The van der Waals surface area contributed by atoms with Gasteiger partial charge in [0.15, 0.2) is 5.69 Å². The quantitative estimate of drug-likeness (QED) is 0.849. The van der Waals surface area contributed by atoms with Gasteiger partial charge in [0.25, 0.3) is 5.78 Å². The summed E-state index contributed by atoms with van der Waals surface area (Å²) in [5, 5.41) is 4.03. The lowest BCUT2D eigenvalue weighted by Gasteiger charge is -2.33. The number of hydrogen-bond acceptors (Lipinski definition) is 4. The third-order valence-corrected chi connectivity index (χ3v) is 4.61. The molecule has 1 fully saturated rings. The first kappa shape index (κ1) is 17.0. The van der Waals surface area contributed by atoms with Gasteiger partial charge in [-0.15, -0.1) is 0 Å². The second kappa shape index (κ2) is 6.57. The van der Waals surface area contributed by atoms with E-state index in [9.17, 15) is 13.2 Å². The number of piperidine rings is 1. The molecule has 3 heterocycles. The second-order valence-electron chi connectivity index (χ2n) is 6.87. The average Bonchev–Trinajstić information content (AvgIpc) is 3.00. The molecule has 0 amide bonds. The molecular formula is C16H22F3N5. The van der Waals surface area contributed by atoms with Gasteiger partial charge in [-0.3, -0.25) is 0 Å². The molecule has 0 N–H and O–H groups in total. The summed E-state index contributed by atoms with van der Waals surface area (Å²) in [6, 6.07) is 1.08. The van der Waals surface area contributed by atoms with Crippen LogP contribution >= 0.6 is 0 Å². The van der Waals surface area contributed by atoms with Gasteiger partial charge < -0.3 is 4.90 Å². The van der Waals surface area contributed by atoms with Gasteiger partial charge in [-0.05, 0) is 24.7 Å². The van der Waals surface area contributed by atoms with E-state index >= 15 is 0 Å². The van der Waals surface area contributed by atoms with Crippen LogP contribution in [0.1, 0.15) is 45.2 Å². The number of halogens is 3. The highest BCUT2D eigenvalue weighted by Crippen LogP contribution is 2.32. The lowest BCUT2D eigenvalue weighted by atomic mass is 9.89. The zero-order chi connectivity index (χ0) is 17.3. The maximum Gasteiger partial charge on any atom is 0.433 e. The highest BCUT2D eigenvalue weighted by atomic mass is 19.4. The summed E-state index contributed by atoms with van der Waals surface area (Å²) in [4.78, 5) is 9.35. The highest BCUT2D eigenvalue weighted by Gasteiger charge is 2.35. The first-order valence-corrected chi connectivity index (χ1v) is 8.37. The number of alkyl halides is 3. The Labute approximate surface area is 138 Å². The molecule has 0 aromatic carbocycles. The molecular weight excluding hydrogens is 319 g/mol. The van der Waals surface area contributed by atoms with Gasteiger partial charge in [0.05, 0.1) is 0 Å². The minimum absolute atomic E-state index is 0.0123. The summed E-state index contributed by atoms with van der Waals surface area (Å²) in [7, 11) is 0. The number of fused-ring (bicyclic) bond motifs is 1. The zero-order valence-corrected chi connectivity index (χ0v) is 13.9. The molecule has 1 aliphatic rings. The Hall–Kier alpha value is -1.86. The van der Waals surface area contributed by atoms with Crippen molar-refractivity contribution in [1.29, 1.82) is 0 Å². The van der Waals surface area contributed by atoms with E-state index in [1.54, 1.807) is 0 Å². The number of aromatic nitrogens is 4. The monoisotopic (exact) mass is 341 g/mol. The van der Waals surface area contributed by atoms with Crippen molar-refractivity contribution in [2.24, 2.45) is 11.8 Å². The standard InChI is InChI=1S/C16H22F3N5/c1-11(2)3-4-12-5-7-23(8-6-12)14-9-13(16(17,18)19)22-15-20-10-21-24(14)15/h9-12H,3-8H2,1-2H3. The van der Waals surface area contributed by atoms with E-state index in [1.807, 2.05) is 4.90 Å². The molecule has 24 heavy (non-hydrogen) atoms. The third kappa shape index (κ3) is 3.62. The van der Waals surface area contributed by atoms with Gasteiger partial charge in [-0.25, -0.2) is 4.98 Å². The first-order valence-electron chi connectivity index (χ1n) is 8.37. The molecule has 2 aromatic heterocycles. The van der Waals surface area contributed by atoms with Crippen LogP contribution in [0.15, 0.2) is 12.4 Å². The van der Waals surface area contributed by atoms with E-state index in [0.29, 0.717) is 17.7 Å². The minimum atomic E-state index is -4.49. The lowest BCUT2D eigenvalue weighted by Crippen LogP contribution is -2.35. The summed E-state index contributed by atoms with van der Waals surface area (Å²) < 4.78 is 40.6. The van der Waals surface area contributed by atoms with E-state index in [4.69, 9.17) is 0 Å². The number of rotatable bonds is 4. The van der Waals surface area contributed by atoms with Gasteiger partial charge in [0.1, 0.15) is 12.1 Å². The number of nitrogens with zero attached hydrogens (tertiary/aromatic N) is 5. The Morgan fingerprint density at radius 1 is 1.25 bits per heavy atom. The molecule has 0 unspecified atom stereocenters. The van der Waals surface area contributed by atoms with E-state index in [1.165, 1.54) is 23.7 Å². The van der Waals surface area contributed by atoms with Crippen molar-refractivity contribution in [3.8, 4) is 0 Å². The fraction of sp³-hybridized carbons (Fsp3) is 0.688. The Morgan fingerprint density at radius 2 is 1.96 bits per heavy atom. The van der Waals surface area contributed by atoms with Crippen LogP contribution in [0.25, 0.3) is 5.78 Å². The molecule has 0 aliphatic carbocycles. The summed E-state index contributed by atoms with van der Waals surface area (Å²) in [6.45, 7) is 5.90. The van der Waals surface area contributed by atoms with Crippen LogP contribution in [-0.2, 0) is 6.18 Å². The summed E-state index contributed by atoms with van der Waals surface area (Å²) in [5.74, 6) is 1.75. The van der Waals surface area contributed by atoms with Crippen molar-refractivity contribution >= 4 is 11.6 Å². The molecule has 132 valence electrons. The Balaban J connectivity index is 1.79. The van der Waals surface area contributed by atoms with Crippen molar-refractivity contribution in [3.05, 3.63) is 18.1 Å². The van der Waals surface area contributed by atoms with Crippen molar-refractivity contribution in [2.45, 2.75) is 45.7 Å².